The van der Waals surface area contributed by atoms with E-state index in [2.05, 4.69) is 12.2 Å². The van der Waals surface area contributed by atoms with Crippen LogP contribution in [0, 0.1) is 0 Å². The fourth-order valence-corrected chi connectivity index (χ4v) is 2.06. The fraction of sp³-hybridized carbons (Fsp3) is 0.750. The highest BCUT2D eigenvalue weighted by molar-refractivity contribution is 5.65. The van der Waals surface area contributed by atoms with Gasteiger partial charge in [-0.2, -0.15) is 0 Å². The van der Waals surface area contributed by atoms with Crippen LogP contribution in [0.5, 0.6) is 0 Å². The van der Waals surface area contributed by atoms with Crippen LogP contribution >= 0.6 is 0 Å². The SMILES string of the molecule is CCC/C(=C/C=O)NC1CCCCC1. The molecule has 0 aromatic carbocycles. The normalized spacial score (nSPS) is 19.4. The van der Waals surface area contributed by atoms with Gasteiger partial charge in [-0.05, 0) is 25.3 Å². The molecule has 1 aliphatic rings. The van der Waals surface area contributed by atoms with Crippen molar-refractivity contribution in [3.8, 4) is 0 Å². The van der Waals surface area contributed by atoms with Crippen LogP contribution in [0.25, 0.3) is 0 Å². The minimum absolute atomic E-state index is 0.612. The molecule has 2 heteroatoms. The van der Waals surface area contributed by atoms with Gasteiger partial charge in [0.25, 0.3) is 0 Å². The second-order valence-electron chi connectivity index (χ2n) is 4.06. The first-order valence-corrected chi connectivity index (χ1v) is 5.77. The summed E-state index contributed by atoms with van der Waals surface area (Å²) in [4.78, 5) is 10.4. The van der Waals surface area contributed by atoms with E-state index < -0.39 is 0 Å². The lowest BCUT2D eigenvalue weighted by atomic mass is 9.95. The summed E-state index contributed by atoms with van der Waals surface area (Å²) >= 11 is 0. The standard InChI is InChI=1S/C12H21NO/c1-2-6-11(9-10-14)13-12-7-4-3-5-8-12/h9-10,12-13H,2-8H2,1H3/b11-9-. The van der Waals surface area contributed by atoms with Gasteiger partial charge in [-0.3, -0.25) is 4.79 Å². The van der Waals surface area contributed by atoms with Gasteiger partial charge in [-0.15, -0.1) is 0 Å². The van der Waals surface area contributed by atoms with Gasteiger partial charge in [-0.1, -0.05) is 32.6 Å². The summed E-state index contributed by atoms with van der Waals surface area (Å²) in [6, 6.07) is 0.612. The molecule has 80 valence electrons. The van der Waals surface area contributed by atoms with E-state index in [1.54, 1.807) is 6.08 Å². The first-order valence-electron chi connectivity index (χ1n) is 5.77. The lowest BCUT2D eigenvalue weighted by Crippen LogP contribution is -2.30. The van der Waals surface area contributed by atoms with Crippen molar-refractivity contribution in [3.63, 3.8) is 0 Å². The van der Waals surface area contributed by atoms with Crippen molar-refractivity contribution in [2.75, 3.05) is 0 Å². The molecule has 0 bridgehead atoms. The summed E-state index contributed by atoms with van der Waals surface area (Å²) in [5.74, 6) is 0. The monoisotopic (exact) mass is 195 g/mol. The molecule has 1 saturated carbocycles. The molecule has 0 spiro atoms. The largest absolute Gasteiger partial charge is 0.386 e. The number of carbonyl (C=O) groups is 1. The average Bonchev–Trinajstić information content (AvgIpc) is 2.20. The summed E-state index contributed by atoms with van der Waals surface area (Å²) in [5, 5.41) is 3.49. The van der Waals surface area contributed by atoms with E-state index >= 15 is 0 Å². The lowest BCUT2D eigenvalue weighted by Gasteiger charge is -2.25. The minimum atomic E-state index is 0.612. The molecule has 0 unspecified atom stereocenters. The maximum absolute atomic E-state index is 10.4. The van der Waals surface area contributed by atoms with E-state index in [4.69, 9.17) is 0 Å². The Morgan fingerprint density at radius 3 is 2.64 bits per heavy atom. The second-order valence-corrected chi connectivity index (χ2v) is 4.06. The van der Waals surface area contributed by atoms with E-state index in [1.165, 1.54) is 32.1 Å². The van der Waals surface area contributed by atoms with Gasteiger partial charge < -0.3 is 5.32 Å². The summed E-state index contributed by atoms with van der Waals surface area (Å²) in [6.07, 6.45) is 11.2. The molecule has 1 aliphatic carbocycles. The molecule has 0 atom stereocenters. The highest BCUT2D eigenvalue weighted by atomic mass is 16.1. The van der Waals surface area contributed by atoms with Gasteiger partial charge in [0.15, 0.2) is 0 Å². The van der Waals surface area contributed by atoms with E-state index in [1.807, 2.05) is 0 Å². The molecule has 0 amide bonds. The van der Waals surface area contributed by atoms with E-state index in [0.29, 0.717) is 6.04 Å². The molecular formula is C12H21NO. The summed E-state index contributed by atoms with van der Waals surface area (Å²) < 4.78 is 0. The van der Waals surface area contributed by atoms with E-state index in [-0.39, 0.29) is 0 Å². The molecule has 1 fully saturated rings. The molecular weight excluding hydrogens is 174 g/mol. The van der Waals surface area contributed by atoms with E-state index in [0.717, 1.165) is 24.8 Å². The molecule has 2 nitrogen and oxygen atoms in total. The Hall–Kier alpha value is -0.790. The summed E-state index contributed by atoms with van der Waals surface area (Å²) in [5.41, 5.74) is 1.12. The highest BCUT2D eigenvalue weighted by Crippen LogP contribution is 2.18. The zero-order valence-corrected chi connectivity index (χ0v) is 9.09. The van der Waals surface area contributed by atoms with Gasteiger partial charge in [0.2, 0.25) is 0 Å². The van der Waals surface area contributed by atoms with Crippen LogP contribution in [0.15, 0.2) is 11.8 Å². The second kappa shape index (κ2) is 6.63. The number of rotatable bonds is 5. The maximum Gasteiger partial charge on any atom is 0.144 e. The van der Waals surface area contributed by atoms with Crippen LogP contribution in [0.2, 0.25) is 0 Å². The number of hydrogen-bond donors (Lipinski definition) is 1. The topological polar surface area (TPSA) is 29.1 Å². The minimum Gasteiger partial charge on any atom is -0.386 e. The number of aldehydes is 1. The first-order chi connectivity index (χ1) is 6.86. The zero-order valence-electron chi connectivity index (χ0n) is 9.09. The molecule has 0 radical (unpaired) electrons. The molecule has 0 aliphatic heterocycles. The highest BCUT2D eigenvalue weighted by Gasteiger charge is 2.13. The Balaban J connectivity index is 2.37. The molecule has 0 aromatic heterocycles. The van der Waals surface area contributed by atoms with Gasteiger partial charge >= 0.3 is 0 Å². The van der Waals surface area contributed by atoms with Crippen LogP contribution in [0.1, 0.15) is 51.9 Å². The van der Waals surface area contributed by atoms with Crippen molar-refractivity contribution >= 4 is 6.29 Å². The molecule has 1 N–H and O–H groups in total. The summed E-state index contributed by atoms with van der Waals surface area (Å²) in [7, 11) is 0. The Labute approximate surface area is 86.8 Å². The van der Waals surface area contributed by atoms with Crippen LogP contribution in [-0.4, -0.2) is 12.3 Å². The Morgan fingerprint density at radius 1 is 1.36 bits per heavy atom. The van der Waals surface area contributed by atoms with Crippen molar-refractivity contribution in [2.45, 2.75) is 57.9 Å². The maximum atomic E-state index is 10.4. The number of carbonyl (C=O) groups excluding carboxylic acids is 1. The Kier molecular flexibility index (Phi) is 5.35. The number of allylic oxidation sites excluding steroid dienone is 2. The zero-order chi connectivity index (χ0) is 10.2. The average molecular weight is 195 g/mol. The van der Waals surface area contributed by atoms with Crippen LogP contribution in [-0.2, 0) is 4.79 Å². The van der Waals surface area contributed by atoms with Crippen LogP contribution in [0.4, 0.5) is 0 Å². The molecule has 14 heavy (non-hydrogen) atoms. The Bertz CT molecular complexity index is 192. The third-order valence-electron chi connectivity index (χ3n) is 2.78. The van der Waals surface area contributed by atoms with Crippen molar-refractivity contribution in [2.24, 2.45) is 0 Å². The van der Waals surface area contributed by atoms with Crippen LogP contribution in [0.3, 0.4) is 0 Å². The first kappa shape index (κ1) is 11.3. The van der Waals surface area contributed by atoms with Gasteiger partial charge in [0.05, 0.1) is 0 Å². The predicted molar refractivity (Wildman–Crippen MR) is 59.1 cm³/mol. The Morgan fingerprint density at radius 2 is 2.07 bits per heavy atom. The van der Waals surface area contributed by atoms with Gasteiger partial charge in [0, 0.05) is 11.7 Å². The smallest absolute Gasteiger partial charge is 0.144 e. The van der Waals surface area contributed by atoms with Crippen molar-refractivity contribution < 1.29 is 4.79 Å². The molecule has 0 saturated heterocycles. The predicted octanol–water partition coefficient (Wildman–Crippen LogP) is 2.79. The fourth-order valence-electron chi connectivity index (χ4n) is 2.06. The molecule has 0 heterocycles. The lowest BCUT2D eigenvalue weighted by molar-refractivity contribution is -0.104. The van der Waals surface area contributed by atoms with Crippen LogP contribution < -0.4 is 5.32 Å². The quantitative estimate of drug-likeness (QED) is 0.540. The van der Waals surface area contributed by atoms with E-state index in [9.17, 15) is 4.79 Å². The third kappa shape index (κ3) is 3.95. The number of hydrogen-bond acceptors (Lipinski definition) is 2. The van der Waals surface area contributed by atoms with Gasteiger partial charge in [0.1, 0.15) is 6.29 Å². The third-order valence-corrected chi connectivity index (χ3v) is 2.78. The van der Waals surface area contributed by atoms with Crippen molar-refractivity contribution in [1.29, 1.82) is 0 Å². The number of nitrogens with one attached hydrogen (secondary N) is 1. The molecule has 0 aromatic rings. The van der Waals surface area contributed by atoms with Gasteiger partial charge in [-0.25, -0.2) is 0 Å². The van der Waals surface area contributed by atoms with Crippen molar-refractivity contribution in [1.82, 2.24) is 5.32 Å². The van der Waals surface area contributed by atoms with Crippen molar-refractivity contribution in [3.05, 3.63) is 11.8 Å². The molecule has 1 rings (SSSR count). The summed E-state index contributed by atoms with van der Waals surface area (Å²) in [6.45, 7) is 2.14.